The maximum Gasteiger partial charge on any atom is 0.323 e. The van der Waals surface area contributed by atoms with E-state index in [1.807, 2.05) is 29.6 Å². The average Bonchev–Trinajstić information content (AvgIpc) is 3.37. The summed E-state index contributed by atoms with van der Waals surface area (Å²) in [5.74, 6) is 0.470. The maximum absolute atomic E-state index is 13.7. The summed E-state index contributed by atoms with van der Waals surface area (Å²) in [4.78, 5) is 17.6. The summed E-state index contributed by atoms with van der Waals surface area (Å²) in [6, 6.07) is 16.5. The molecule has 6 nitrogen and oxygen atoms in total. The van der Waals surface area contributed by atoms with Crippen molar-refractivity contribution < 1.29 is 13.7 Å². The van der Waals surface area contributed by atoms with Gasteiger partial charge >= 0.3 is 6.03 Å². The minimum Gasteiger partial charge on any atom is -0.339 e. The van der Waals surface area contributed by atoms with E-state index in [0.29, 0.717) is 23.8 Å². The zero-order chi connectivity index (χ0) is 19.3. The summed E-state index contributed by atoms with van der Waals surface area (Å²) in [5.41, 5.74) is 1.48. The van der Waals surface area contributed by atoms with E-state index >= 15 is 0 Å². The molecule has 0 aliphatic heterocycles. The first kappa shape index (κ1) is 17.9. The molecule has 2 amide bonds. The number of rotatable bonds is 5. The molecule has 2 aromatic heterocycles. The summed E-state index contributed by atoms with van der Waals surface area (Å²) in [6.07, 6.45) is 0.356. The van der Waals surface area contributed by atoms with Crippen LogP contribution in [0.5, 0.6) is 0 Å². The van der Waals surface area contributed by atoms with Crippen LogP contribution in [0.25, 0.3) is 10.7 Å². The van der Waals surface area contributed by atoms with E-state index in [1.165, 1.54) is 23.5 Å². The number of hydrogen-bond acceptors (Lipinski definition) is 5. The fourth-order valence-electron chi connectivity index (χ4n) is 2.63. The molecule has 4 rings (SSSR count). The quantitative estimate of drug-likeness (QED) is 0.489. The largest absolute Gasteiger partial charge is 0.339 e. The zero-order valence-corrected chi connectivity index (χ0v) is 15.4. The Morgan fingerprint density at radius 3 is 2.54 bits per heavy atom. The van der Waals surface area contributed by atoms with Crippen molar-refractivity contribution in [3.05, 3.63) is 83.3 Å². The third kappa shape index (κ3) is 4.07. The molecule has 2 N–H and O–H groups in total. The summed E-state index contributed by atoms with van der Waals surface area (Å²) >= 11 is 1.53. The molecular formula is C20H15FN4O2S. The lowest BCUT2D eigenvalue weighted by atomic mass is 10.1. The molecule has 0 fully saturated rings. The van der Waals surface area contributed by atoms with Crippen molar-refractivity contribution in [1.82, 2.24) is 10.1 Å². The lowest BCUT2D eigenvalue weighted by molar-refractivity contribution is 0.262. The molecule has 0 bridgehead atoms. The van der Waals surface area contributed by atoms with Crippen LogP contribution in [0, 0.1) is 5.82 Å². The number of nitrogens with zero attached hydrogens (tertiary/aromatic N) is 2. The monoisotopic (exact) mass is 394 g/mol. The standard InChI is InChI=1S/C20H15FN4O2S/c21-14-7-2-4-9-16(14)23-20(26)22-15-8-3-1-6-13(15)12-18-24-19(25-27-18)17-10-5-11-28-17/h1-11H,12H2,(H2,22,23,26). The van der Waals surface area contributed by atoms with Crippen LogP contribution < -0.4 is 10.6 Å². The first-order valence-electron chi connectivity index (χ1n) is 8.46. The van der Waals surface area contributed by atoms with Crippen LogP contribution in [-0.2, 0) is 6.42 Å². The number of benzene rings is 2. The van der Waals surface area contributed by atoms with E-state index < -0.39 is 11.8 Å². The summed E-state index contributed by atoms with van der Waals surface area (Å²) in [5, 5.41) is 11.2. The average molecular weight is 394 g/mol. The molecule has 140 valence electrons. The van der Waals surface area contributed by atoms with Gasteiger partial charge in [-0.1, -0.05) is 41.6 Å². The van der Waals surface area contributed by atoms with E-state index in [9.17, 15) is 9.18 Å². The summed E-state index contributed by atoms with van der Waals surface area (Å²) < 4.78 is 19.0. The molecule has 0 atom stereocenters. The van der Waals surface area contributed by atoms with Crippen molar-refractivity contribution in [2.45, 2.75) is 6.42 Å². The van der Waals surface area contributed by atoms with Gasteiger partial charge in [-0.25, -0.2) is 9.18 Å². The molecule has 0 aliphatic rings. The van der Waals surface area contributed by atoms with Crippen LogP contribution in [0.1, 0.15) is 11.5 Å². The van der Waals surface area contributed by atoms with Crippen molar-refractivity contribution in [1.29, 1.82) is 0 Å². The Labute approximate surface area is 164 Å². The van der Waals surface area contributed by atoms with Gasteiger partial charge in [0, 0.05) is 5.69 Å². The molecule has 8 heteroatoms. The predicted octanol–water partition coefficient (Wildman–Crippen LogP) is 5.17. The van der Waals surface area contributed by atoms with Gasteiger partial charge in [-0.05, 0) is 35.2 Å². The smallest absolute Gasteiger partial charge is 0.323 e. The molecule has 0 unspecified atom stereocenters. The zero-order valence-electron chi connectivity index (χ0n) is 14.6. The van der Waals surface area contributed by atoms with Crippen LogP contribution >= 0.6 is 11.3 Å². The molecule has 2 aromatic carbocycles. The van der Waals surface area contributed by atoms with Crippen molar-refractivity contribution in [2.24, 2.45) is 0 Å². The highest BCUT2D eigenvalue weighted by Gasteiger charge is 2.13. The number of amides is 2. The van der Waals surface area contributed by atoms with E-state index in [4.69, 9.17) is 4.52 Å². The van der Waals surface area contributed by atoms with Crippen LogP contribution in [-0.4, -0.2) is 16.2 Å². The van der Waals surface area contributed by atoms with Crippen molar-refractivity contribution >= 4 is 28.7 Å². The number of carbonyl (C=O) groups is 1. The van der Waals surface area contributed by atoms with Crippen molar-refractivity contribution in [3.8, 4) is 10.7 Å². The third-order valence-electron chi connectivity index (χ3n) is 3.94. The Morgan fingerprint density at radius 1 is 1.00 bits per heavy atom. The number of urea groups is 1. The highest BCUT2D eigenvalue weighted by Crippen LogP contribution is 2.24. The lowest BCUT2D eigenvalue weighted by Crippen LogP contribution is -2.21. The van der Waals surface area contributed by atoms with Gasteiger partial charge in [0.15, 0.2) is 0 Å². The molecular weight excluding hydrogens is 379 g/mol. The van der Waals surface area contributed by atoms with Crippen LogP contribution in [0.4, 0.5) is 20.6 Å². The second-order valence-corrected chi connectivity index (χ2v) is 6.83. The fraction of sp³-hybridized carbons (Fsp3) is 0.0500. The summed E-state index contributed by atoms with van der Waals surface area (Å²) in [6.45, 7) is 0. The van der Waals surface area contributed by atoms with Gasteiger partial charge in [0.2, 0.25) is 11.7 Å². The second kappa shape index (κ2) is 8.01. The SMILES string of the molecule is O=C(Nc1ccccc1F)Nc1ccccc1Cc1nc(-c2cccs2)no1. The Balaban J connectivity index is 1.48. The second-order valence-electron chi connectivity index (χ2n) is 5.88. The Kier molecular flexibility index (Phi) is 5.11. The molecule has 28 heavy (non-hydrogen) atoms. The first-order chi connectivity index (χ1) is 13.7. The summed E-state index contributed by atoms with van der Waals surface area (Å²) in [7, 11) is 0. The molecule has 0 radical (unpaired) electrons. The Morgan fingerprint density at radius 2 is 1.75 bits per heavy atom. The fourth-order valence-corrected chi connectivity index (χ4v) is 3.28. The highest BCUT2D eigenvalue weighted by molar-refractivity contribution is 7.13. The van der Waals surface area contributed by atoms with Crippen LogP contribution in [0.15, 0.2) is 70.6 Å². The van der Waals surface area contributed by atoms with E-state index in [0.717, 1.165) is 10.4 Å². The van der Waals surface area contributed by atoms with Gasteiger partial charge in [0.1, 0.15) is 5.82 Å². The van der Waals surface area contributed by atoms with Crippen LogP contribution in [0.3, 0.4) is 0 Å². The maximum atomic E-state index is 13.7. The van der Waals surface area contributed by atoms with Crippen molar-refractivity contribution in [3.63, 3.8) is 0 Å². The Hall–Kier alpha value is -3.52. The van der Waals surface area contributed by atoms with Crippen molar-refractivity contribution in [2.75, 3.05) is 10.6 Å². The molecule has 0 saturated heterocycles. The topological polar surface area (TPSA) is 80.0 Å². The lowest BCUT2D eigenvalue weighted by Gasteiger charge is -2.11. The van der Waals surface area contributed by atoms with Gasteiger partial charge in [-0.15, -0.1) is 11.3 Å². The molecule has 2 heterocycles. The Bertz CT molecular complexity index is 1100. The minimum absolute atomic E-state index is 0.106. The van der Waals surface area contributed by atoms with Gasteiger partial charge in [-0.3, -0.25) is 0 Å². The number of carbonyl (C=O) groups excluding carboxylic acids is 1. The van der Waals surface area contributed by atoms with Gasteiger partial charge in [-0.2, -0.15) is 4.98 Å². The normalized spacial score (nSPS) is 10.6. The van der Waals surface area contributed by atoms with Crippen LogP contribution in [0.2, 0.25) is 0 Å². The first-order valence-corrected chi connectivity index (χ1v) is 9.34. The van der Waals surface area contributed by atoms with E-state index in [-0.39, 0.29) is 5.69 Å². The van der Waals surface area contributed by atoms with Gasteiger partial charge < -0.3 is 15.2 Å². The number of anilines is 2. The minimum atomic E-state index is -0.539. The van der Waals surface area contributed by atoms with E-state index in [2.05, 4.69) is 20.8 Å². The number of nitrogens with one attached hydrogen (secondary N) is 2. The molecule has 0 spiro atoms. The van der Waals surface area contributed by atoms with Gasteiger partial charge in [0.05, 0.1) is 17.0 Å². The highest BCUT2D eigenvalue weighted by atomic mass is 32.1. The number of hydrogen-bond donors (Lipinski definition) is 2. The number of aromatic nitrogens is 2. The number of thiophene rings is 1. The number of halogens is 1. The molecule has 4 aromatic rings. The number of para-hydroxylation sites is 2. The molecule has 0 aliphatic carbocycles. The van der Waals surface area contributed by atoms with E-state index in [1.54, 1.807) is 24.3 Å². The third-order valence-corrected chi connectivity index (χ3v) is 4.80. The van der Waals surface area contributed by atoms with Gasteiger partial charge in [0.25, 0.3) is 0 Å². The predicted molar refractivity (Wildman–Crippen MR) is 106 cm³/mol. The molecule has 0 saturated carbocycles.